The third kappa shape index (κ3) is 5.60. The van der Waals surface area contributed by atoms with Crippen LogP contribution in [0.1, 0.15) is 18.9 Å². The number of ether oxygens (including phenoxy) is 1. The summed E-state index contributed by atoms with van der Waals surface area (Å²) in [6.07, 6.45) is -2.56. The highest BCUT2D eigenvalue weighted by atomic mass is 19.3. The molecule has 4 rings (SSSR count). The highest BCUT2D eigenvalue weighted by Gasteiger charge is 2.36. The van der Waals surface area contributed by atoms with Crippen molar-refractivity contribution in [3.63, 3.8) is 0 Å². The maximum absolute atomic E-state index is 12.8. The lowest BCUT2D eigenvalue weighted by Gasteiger charge is -2.46. The van der Waals surface area contributed by atoms with Gasteiger partial charge in [-0.2, -0.15) is 0 Å². The number of amides is 1. The Bertz CT molecular complexity index is 1060. The molecular weight excluding hydrogens is 458 g/mol. The van der Waals surface area contributed by atoms with E-state index in [1.165, 1.54) is 29.3 Å². The summed E-state index contributed by atoms with van der Waals surface area (Å²) in [6.45, 7) is 5.07. The lowest BCUT2D eigenvalue weighted by Crippen LogP contribution is -2.63. The minimum atomic E-state index is -2.56. The average molecular weight is 489 g/mol. The number of carbonyl (C=O) groups excluding carboxylic acids is 1. The number of likely N-dealkylation sites (N-methyl/N-ethyl adjacent to an activating group) is 1. The molecule has 0 spiro atoms. The summed E-state index contributed by atoms with van der Waals surface area (Å²) in [5.74, 6) is 7.13. The molecule has 1 atom stereocenters. The molecule has 2 aliphatic rings. The second-order valence-corrected chi connectivity index (χ2v) is 8.79. The van der Waals surface area contributed by atoms with Crippen LogP contribution in [0.5, 0.6) is 5.88 Å². The molecule has 1 amide bonds. The van der Waals surface area contributed by atoms with Gasteiger partial charge in [-0.25, -0.2) is 14.6 Å². The molecule has 35 heavy (non-hydrogen) atoms. The zero-order chi connectivity index (χ0) is 25.1. The fourth-order valence-corrected chi connectivity index (χ4v) is 4.25. The molecule has 2 aliphatic heterocycles. The molecule has 3 heterocycles. The van der Waals surface area contributed by atoms with Crippen LogP contribution < -0.4 is 26.2 Å². The molecule has 1 aromatic heterocycles. The molecule has 4 N–H and O–H groups in total. The number of nitrogens with two attached hydrogens (primary N) is 2. The van der Waals surface area contributed by atoms with E-state index in [4.69, 9.17) is 16.3 Å². The second kappa shape index (κ2) is 10.4. The van der Waals surface area contributed by atoms with Gasteiger partial charge in [-0.1, -0.05) is 12.1 Å². The summed E-state index contributed by atoms with van der Waals surface area (Å²) >= 11 is 0. The number of fused-ring (bicyclic) bond motifs is 1. The van der Waals surface area contributed by atoms with Crippen LogP contribution >= 0.6 is 0 Å². The monoisotopic (exact) mass is 488 g/mol. The minimum absolute atomic E-state index is 0.00493. The van der Waals surface area contributed by atoms with Crippen LogP contribution in [0.2, 0.25) is 0 Å². The Morgan fingerprint density at radius 1 is 1.17 bits per heavy atom. The number of anilines is 2. The van der Waals surface area contributed by atoms with Crippen molar-refractivity contribution in [1.82, 2.24) is 20.0 Å². The largest absolute Gasteiger partial charge is 0.470 e. The van der Waals surface area contributed by atoms with E-state index in [0.717, 1.165) is 19.6 Å². The smallest absolute Gasteiger partial charge is 0.263 e. The lowest BCUT2D eigenvalue weighted by molar-refractivity contribution is -0.136. The van der Waals surface area contributed by atoms with E-state index < -0.39 is 6.43 Å². The van der Waals surface area contributed by atoms with E-state index in [9.17, 15) is 13.6 Å². The van der Waals surface area contributed by atoms with E-state index >= 15 is 0 Å². The number of allylic oxidation sites excluding steroid dienone is 1. The van der Waals surface area contributed by atoms with Crippen molar-refractivity contribution in [1.29, 1.82) is 0 Å². The van der Waals surface area contributed by atoms with Crippen molar-refractivity contribution in [3.05, 3.63) is 53.4 Å². The number of benzene rings is 1. The van der Waals surface area contributed by atoms with Crippen molar-refractivity contribution < 1.29 is 18.3 Å². The van der Waals surface area contributed by atoms with E-state index in [-0.39, 0.29) is 36.5 Å². The quantitative estimate of drug-likeness (QED) is 0.440. The minimum Gasteiger partial charge on any atom is -0.470 e. The molecule has 1 unspecified atom stereocenters. The summed E-state index contributed by atoms with van der Waals surface area (Å²) in [7, 11) is 2.05. The Kier molecular flexibility index (Phi) is 7.31. The fraction of sp³-hybridized carbons (Fsp3) is 0.435. The molecule has 2 fully saturated rings. The van der Waals surface area contributed by atoms with Crippen LogP contribution in [0.15, 0.2) is 47.8 Å². The molecule has 0 bridgehead atoms. The van der Waals surface area contributed by atoms with Gasteiger partial charge < -0.3 is 25.2 Å². The first-order chi connectivity index (χ1) is 16.7. The summed E-state index contributed by atoms with van der Waals surface area (Å²) in [5.41, 5.74) is 7.23. The molecule has 0 aliphatic carbocycles. The zero-order valence-electron chi connectivity index (χ0n) is 19.8. The van der Waals surface area contributed by atoms with E-state index in [0.29, 0.717) is 29.4 Å². The number of hydrazine groups is 1. The maximum atomic E-state index is 12.8. The van der Waals surface area contributed by atoms with Crippen molar-refractivity contribution in [2.24, 2.45) is 11.6 Å². The normalized spacial score (nSPS) is 19.5. The van der Waals surface area contributed by atoms with Crippen LogP contribution in [-0.2, 0) is 4.79 Å². The number of halogens is 2. The standard InChI is InChI=1S/C23H30F2N8O2/c1-15(26)19(33(27)17-5-3-16(4-6-17)23(24)25)14-35-21-8-7-20(28-29-21)31-12-18-11-30(2)9-10-32(18)22(34)13-31/h3-8,18,23H,9-14,26-27H2,1-2H3/b19-15-. The van der Waals surface area contributed by atoms with Crippen molar-refractivity contribution in [3.8, 4) is 5.88 Å². The van der Waals surface area contributed by atoms with Crippen LogP contribution in [0.4, 0.5) is 20.3 Å². The summed E-state index contributed by atoms with van der Waals surface area (Å²) < 4.78 is 31.4. The van der Waals surface area contributed by atoms with Gasteiger partial charge in [0.05, 0.1) is 24.0 Å². The molecule has 12 heteroatoms. The number of nitrogens with zero attached hydrogens (tertiary/aromatic N) is 6. The van der Waals surface area contributed by atoms with E-state index in [2.05, 4.69) is 22.1 Å². The number of hydrogen-bond acceptors (Lipinski definition) is 9. The number of hydrogen-bond donors (Lipinski definition) is 2. The van der Waals surface area contributed by atoms with Gasteiger partial charge in [-0.15, -0.1) is 10.2 Å². The van der Waals surface area contributed by atoms with Crippen LogP contribution in [0.25, 0.3) is 0 Å². The SMILES string of the molecule is C/C(N)=C(\COc1ccc(N2CC(=O)N3CCN(C)CC3C2)nn1)N(N)c1ccc(C(F)F)cc1. The predicted molar refractivity (Wildman–Crippen MR) is 128 cm³/mol. The number of piperazine rings is 2. The topological polar surface area (TPSA) is 117 Å². The highest BCUT2D eigenvalue weighted by molar-refractivity contribution is 5.83. The van der Waals surface area contributed by atoms with Crippen molar-refractivity contribution >= 4 is 17.4 Å². The molecule has 2 aromatic rings. The van der Waals surface area contributed by atoms with Gasteiger partial charge >= 0.3 is 0 Å². The van der Waals surface area contributed by atoms with Gasteiger partial charge in [0, 0.05) is 43.5 Å². The van der Waals surface area contributed by atoms with Crippen LogP contribution in [0.3, 0.4) is 0 Å². The Morgan fingerprint density at radius 3 is 2.54 bits per heavy atom. The first-order valence-electron chi connectivity index (χ1n) is 11.3. The molecule has 2 saturated heterocycles. The third-order valence-electron chi connectivity index (χ3n) is 6.24. The first kappa shape index (κ1) is 24.6. The molecule has 188 valence electrons. The molecule has 10 nitrogen and oxygen atoms in total. The Morgan fingerprint density at radius 2 is 1.91 bits per heavy atom. The fourth-order valence-electron chi connectivity index (χ4n) is 4.25. The van der Waals surface area contributed by atoms with Gasteiger partial charge in [0.2, 0.25) is 11.8 Å². The van der Waals surface area contributed by atoms with Gasteiger partial charge in [-0.3, -0.25) is 9.80 Å². The predicted octanol–water partition coefficient (Wildman–Crippen LogP) is 1.33. The number of alkyl halides is 2. The highest BCUT2D eigenvalue weighted by Crippen LogP contribution is 2.24. The Balaban J connectivity index is 1.38. The van der Waals surface area contributed by atoms with Crippen molar-refractivity contribution in [2.75, 3.05) is 56.3 Å². The average Bonchev–Trinajstić information content (AvgIpc) is 2.84. The summed E-state index contributed by atoms with van der Waals surface area (Å²) in [4.78, 5) is 18.7. The Hall–Kier alpha value is -3.51. The van der Waals surface area contributed by atoms with E-state index in [1.54, 1.807) is 19.1 Å². The van der Waals surface area contributed by atoms with Crippen molar-refractivity contribution in [2.45, 2.75) is 19.4 Å². The summed E-state index contributed by atoms with van der Waals surface area (Å²) in [5, 5.41) is 9.68. The van der Waals surface area contributed by atoms with Crippen LogP contribution in [0, 0.1) is 0 Å². The van der Waals surface area contributed by atoms with Gasteiger partial charge in [-0.05, 0) is 32.2 Å². The molecular formula is C23H30F2N8O2. The summed E-state index contributed by atoms with van der Waals surface area (Å²) in [6, 6.07) is 9.16. The number of carbonyl (C=O) groups is 1. The third-order valence-corrected chi connectivity index (χ3v) is 6.24. The van der Waals surface area contributed by atoms with Gasteiger partial charge in [0.1, 0.15) is 6.61 Å². The number of aromatic nitrogens is 2. The number of rotatable bonds is 7. The molecule has 0 radical (unpaired) electrons. The lowest BCUT2D eigenvalue weighted by atomic mass is 10.1. The zero-order valence-corrected chi connectivity index (χ0v) is 19.8. The molecule has 1 aromatic carbocycles. The first-order valence-corrected chi connectivity index (χ1v) is 11.3. The van der Waals surface area contributed by atoms with Crippen LogP contribution in [-0.4, -0.2) is 78.3 Å². The van der Waals surface area contributed by atoms with Gasteiger partial charge in [0.15, 0.2) is 5.82 Å². The maximum Gasteiger partial charge on any atom is 0.263 e. The molecule has 0 saturated carbocycles. The second-order valence-electron chi connectivity index (χ2n) is 8.79. The Labute approximate surface area is 202 Å². The van der Waals surface area contributed by atoms with E-state index in [1.807, 2.05) is 9.80 Å². The van der Waals surface area contributed by atoms with Gasteiger partial charge in [0.25, 0.3) is 6.43 Å².